The van der Waals surface area contributed by atoms with E-state index >= 15 is 0 Å². The molecule has 0 N–H and O–H groups in total. The molecular weight excluding hydrogens is 1440 g/mol. The maximum atomic E-state index is 2.25. The van der Waals surface area contributed by atoms with Gasteiger partial charge in [-0.1, -0.05) is 418 Å². The van der Waals surface area contributed by atoms with E-state index in [-0.39, 0.29) is 40.2 Å². The molecule has 0 aromatic carbocycles. The van der Waals surface area contributed by atoms with Crippen LogP contribution in [0.2, 0.25) is 0 Å². The summed E-state index contributed by atoms with van der Waals surface area (Å²) in [4.78, 5) is 0. The molecule has 0 spiro atoms. The molecular formula is C88H228Ir2-8. The van der Waals surface area contributed by atoms with Crippen LogP contribution in [0.3, 0.4) is 0 Å². The maximum absolute atomic E-state index is 2.25. The Hall–Kier alpha value is 1.30. The molecule has 0 heterocycles. The van der Waals surface area contributed by atoms with Crippen molar-refractivity contribution in [2.75, 3.05) is 0 Å². The van der Waals surface area contributed by atoms with Crippen LogP contribution in [0.1, 0.15) is 544 Å². The Morgan fingerprint density at radius 1 is 0.122 bits per heavy atom. The summed E-state index contributed by atoms with van der Waals surface area (Å²) >= 11 is 0. The number of hydrogen-bond donors (Lipinski definition) is 0. The normalized spacial score (nSPS) is 5.73. The Balaban J connectivity index is -0.0000000132. The van der Waals surface area contributed by atoms with E-state index in [1.807, 2.05) is 332 Å². The first-order valence-corrected chi connectivity index (χ1v) is 41.7. The van der Waals surface area contributed by atoms with Crippen molar-refractivity contribution < 1.29 is 40.2 Å². The van der Waals surface area contributed by atoms with Crippen LogP contribution in [-0.4, -0.2) is 0 Å². The van der Waals surface area contributed by atoms with Gasteiger partial charge in [0.25, 0.3) is 0 Å². The van der Waals surface area contributed by atoms with Crippen LogP contribution in [0.5, 0.6) is 0 Å². The molecule has 0 fully saturated rings. The van der Waals surface area contributed by atoms with Gasteiger partial charge in [0.2, 0.25) is 0 Å². The average Bonchev–Trinajstić information content (AvgIpc) is 3.68. The van der Waals surface area contributed by atoms with Crippen molar-refractivity contribution in [1.29, 1.82) is 0 Å². The van der Waals surface area contributed by atoms with Crippen molar-refractivity contribution in [3.8, 4) is 0 Å². The van der Waals surface area contributed by atoms with Gasteiger partial charge < -0.3 is 51.4 Å². The summed E-state index contributed by atoms with van der Waals surface area (Å²) in [6.07, 6.45) is 44.2. The van der Waals surface area contributed by atoms with Crippen molar-refractivity contribution in [3.63, 3.8) is 0 Å². The summed E-state index contributed by atoms with van der Waals surface area (Å²) in [6.45, 7) is 122. The van der Waals surface area contributed by atoms with Gasteiger partial charge in [0.15, 0.2) is 0 Å². The van der Waals surface area contributed by atoms with E-state index in [0.29, 0.717) is 0 Å². The molecule has 0 unspecified atom stereocenters. The molecule has 0 bridgehead atoms. The summed E-state index contributed by atoms with van der Waals surface area (Å²) in [5, 5.41) is 0. The van der Waals surface area contributed by atoms with Gasteiger partial charge in [-0.05, 0) is 0 Å². The number of unbranched alkanes of at least 4 members (excludes halogenated alkanes) is 22. The fraction of sp³-hybridized carbons (Fsp3) is 0.909. The third kappa shape index (κ3) is 1280. The van der Waals surface area contributed by atoms with Gasteiger partial charge in [0.1, 0.15) is 0 Å². The molecule has 0 aliphatic heterocycles. The van der Waals surface area contributed by atoms with E-state index in [1.165, 1.54) is 128 Å². The molecule has 0 saturated carbocycles. The van der Waals surface area contributed by atoms with Gasteiger partial charge in [0, 0.05) is 40.2 Å². The fourth-order valence-electron chi connectivity index (χ4n) is 3.09. The van der Waals surface area contributed by atoms with Crippen molar-refractivity contribution in [1.82, 2.24) is 0 Å². The Morgan fingerprint density at radius 3 is 0.267 bits per heavy atom. The number of hydrogen-bond acceptors (Lipinski definition) is 0. The van der Waals surface area contributed by atoms with Crippen LogP contribution in [0, 0.1) is 51.4 Å². The van der Waals surface area contributed by atoms with Crippen LogP contribution in [0.25, 0.3) is 0 Å². The molecule has 0 amide bonds. The minimum Gasteiger partial charge on any atom is -0.334 e. The summed E-state index contributed by atoms with van der Waals surface area (Å²) in [5.41, 5.74) is 0. The van der Waals surface area contributed by atoms with Crippen molar-refractivity contribution in [3.05, 3.63) is 51.4 Å². The minimum atomic E-state index is 0. The van der Waals surface area contributed by atoms with Gasteiger partial charge in [-0.25, -0.2) is 12.8 Å². The van der Waals surface area contributed by atoms with Gasteiger partial charge in [-0.2, -0.15) is 93.9 Å². The molecule has 0 rings (SSSR count). The smallest absolute Gasteiger partial charge is 0 e. The first-order valence-electron chi connectivity index (χ1n) is 41.7. The summed E-state index contributed by atoms with van der Waals surface area (Å²) in [5.74, 6) is 0. The van der Waals surface area contributed by atoms with E-state index in [9.17, 15) is 0 Å². The first kappa shape index (κ1) is 212. The molecule has 0 aliphatic carbocycles. The number of rotatable bonds is 22. The molecule has 606 valence electrons. The van der Waals surface area contributed by atoms with Gasteiger partial charge in [-0.15, -0.1) is 19.3 Å². The van der Waals surface area contributed by atoms with Crippen LogP contribution in [-0.2, 0) is 40.2 Å². The first-order chi connectivity index (χ1) is 43.5. The minimum absolute atomic E-state index is 0. The summed E-state index contributed by atoms with van der Waals surface area (Å²) in [7, 11) is 0. The van der Waals surface area contributed by atoms with E-state index in [1.54, 1.807) is 0 Å². The van der Waals surface area contributed by atoms with Gasteiger partial charge in [-0.3, -0.25) is 0 Å². The van der Waals surface area contributed by atoms with Gasteiger partial charge in [0.05, 0.1) is 0 Å². The zero-order valence-corrected chi connectivity index (χ0v) is 84.2. The molecule has 0 aliphatic rings. The van der Waals surface area contributed by atoms with E-state index < -0.39 is 0 Å². The van der Waals surface area contributed by atoms with Crippen molar-refractivity contribution in [2.24, 2.45) is 0 Å². The standard InChI is InChI=1S/C7H16.3C7H14.C6H14.C6H12.24C2H6.2Ir/c4*1-3-5-7-6-4-2;2*1-3-5-6-4-2;24*1-2;;/h3-7H2,1-2H3;3*3-4H,5-7H2,1-2H3;3-6H2,1-2H3;3-4H,5-6H2,1-2H3;24*1-2H3;;/q;3*-2;;-2;;;;;;;;;;;;;;;;;;;;;;;;;;. The Morgan fingerprint density at radius 2 is 0.200 bits per heavy atom. The quantitative estimate of drug-likeness (QED) is 0.0749. The van der Waals surface area contributed by atoms with Crippen LogP contribution >= 0.6 is 0 Å². The second kappa shape index (κ2) is 839. The molecule has 0 saturated heterocycles. The zero-order chi connectivity index (χ0) is 79.8. The average molecular weight is 1670 g/mol. The Kier molecular flexibility index (Phi) is 1970. The SMILES string of the molecule is CC.CC.CC.CC.CC.CC.CC.CC.CC.CC.CC.CC.CC.CC.CC.CC.CC.CC.CC.CC.CC.CC.CC.CC.CCCCCC.CCCCCCC.C[CH-]CCC[CH-]C.C[CH-]CCC[CH-]C.C[CH-]CCC[CH-]C.C[CH-]CC[CH-]C.[Ir].[Ir]. The molecule has 90 heavy (non-hydrogen) atoms. The predicted octanol–water partition coefficient (Wildman–Crippen LogP) is 40.2. The second-order valence-corrected chi connectivity index (χ2v) is 10.4. The molecule has 0 atom stereocenters. The van der Waals surface area contributed by atoms with E-state index in [4.69, 9.17) is 0 Å². The van der Waals surface area contributed by atoms with Gasteiger partial charge >= 0.3 is 0 Å². The Labute approximate surface area is 631 Å². The van der Waals surface area contributed by atoms with Crippen LogP contribution in [0.4, 0.5) is 0 Å². The van der Waals surface area contributed by atoms with Crippen LogP contribution in [0.15, 0.2) is 0 Å². The topological polar surface area (TPSA) is 0 Å². The molecule has 2 radical (unpaired) electrons. The van der Waals surface area contributed by atoms with E-state index in [2.05, 4.69) is 134 Å². The largest absolute Gasteiger partial charge is 0.334 e. The zero-order valence-electron chi connectivity index (χ0n) is 79.4. The predicted molar refractivity (Wildman–Crippen MR) is 467 cm³/mol. The second-order valence-electron chi connectivity index (χ2n) is 10.4. The van der Waals surface area contributed by atoms with Crippen molar-refractivity contribution >= 4 is 0 Å². The fourth-order valence-corrected chi connectivity index (χ4v) is 3.09. The van der Waals surface area contributed by atoms with E-state index in [0.717, 1.165) is 0 Å². The molecule has 2 heteroatoms. The third-order valence-electron chi connectivity index (χ3n) is 5.87. The maximum Gasteiger partial charge on any atom is 0 e. The Bertz CT molecular complexity index is 211. The van der Waals surface area contributed by atoms with Crippen LogP contribution < -0.4 is 0 Å². The summed E-state index contributed by atoms with van der Waals surface area (Å²) < 4.78 is 0. The molecule has 0 aromatic heterocycles. The molecule has 0 nitrogen and oxygen atoms in total. The van der Waals surface area contributed by atoms with Crippen molar-refractivity contribution in [2.45, 2.75) is 544 Å². The summed E-state index contributed by atoms with van der Waals surface area (Å²) in [6, 6.07) is 0. The third-order valence-corrected chi connectivity index (χ3v) is 5.87. The molecule has 0 aromatic rings. The monoisotopic (exact) mass is 1670 g/mol.